The third-order valence-electron chi connectivity index (χ3n) is 6.87. The molecule has 2 aromatic heterocycles. The van der Waals surface area contributed by atoms with Crippen LogP contribution in [0.2, 0.25) is 0 Å². The number of carbonyl (C=O) groups excluding carboxylic acids is 1. The Labute approximate surface area is 209 Å². The van der Waals surface area contributed by atoms with Crippen LogP contribution in [0.3, 0.4) is 0 Å². The van der Waals surface area contributed by atoms with Gasteiger partial charge in [0.25, 0.3) is 0 Å². The molecule has 1 aliphatic heterocycles. The summed E-state index contributed by atoms with van der Waals surface area (Å²) in [6.07, 6.45) is 9.34. The highest BCUT2D eigenvalue weighted by molar-refractivity contribution is 7.85. The topological polar surface area (TPSA) is 59.9 Å². The Morgan fingerprint density at radius 2 is 1.36 bits per heavy atom. The third kappa shape index (κ3) is 3.32. The summed E-state index contributed by atoms with van der Waals surface area (Å²) in [7, 11) is -1.40. The number of hydrogen-bond acceptors (Lipinski definition) is 5. The van der Waals surface area contributed by atoms with Gasteiger partial charge in [-0.05, 0) is 41.5 Å². The molecular formula is C31H19N2O2S-. The lowest BCUT2D eigenvalue weighted by Crippen LogP contribution is -2.29. The molecule has 0 saturated carbocycles. The van der Waals surface area contributed by atoms with Crippen molar-refractivity contribution in [3.63, 3.8) is 0 Å². The van der Waals surface area contributed by atoms with E-state index in [2.05, 4.69) is 22.1 Å². The van der Waals surface area contributed by atoms with Crippen molar-refractivity contribution in [3.8, 4) is 11.1 Å². The zero-order valence-corrected chi connectivity index (χ0v) is 19.9. The Kier molecular flexibility index (Phi) is 4.72. The van der Waals surface area contributed by atoms with Crippen molar-refractivity contribution in [2.24, 2.45) is 5.92 Å². The lowest BCUT2D eigenvalue weighted by Gasteiger charge is -2.31. The number of benzene rings is 3. The van der Waals surface area contributed by atoms with E-state index in [0.29, 0.717) is 15.3 Å². The van der Waals surface area contributed by atoms with Crippen molar-refractivity contribution in [3.05, 3.63) is 121 Å². The van der Waals surface area contributed by atoms with E-state index < -0.39 is 16.3 Å². The molecule has 0 spiro atoms. The van der Waals surface area contributed by atoms with E-state index in [1.54, 1.807) is 0 Å². The van der Waals surface area contributed by atoms with Crippen LogP contribution < -0.4 is 0 Å². The molecule has 0 bridgehead atoms. The summed E-state index contributed by atoms with van der Waals surface area (Å²) in [4.78, 5) is 24.0. The Balaban J connectivity index is 1.31. The molecule has 0 amide bonds. The van der Waals surface area contributed by atoms with Crippen LogP contribution in [0.1, 0.15) is 15.9 Å². The molecule has 172 valence electrons. The number of ketones is 1. The average Bonchev–Trinajstić information content (AvgIpc) is 2.95. The second kappa shape index (κ2) is 8.11. The largest absolute Gasteiger partial charge is 0.457 e. The minimum atomic E-state index is -1.40. The second-order valence-corrected chi connectivity index (χ2v) is 10.5. The van der Waals surface area contributed by atoms with Crippen LogP contribution in [0.25, 0.3) is 38.5 Å². The van der Waals surface area contributed by atoms with Crippen LogP contribution in [-0.2, 0) is 14.6 Å². The number of hydrogen-bond donors (Lipinski definition) is 0. The van der Waals surface area contributed by atoms with E-state index in [-0.39, 0.29) is 5.78 Å². The fourth-order valence-electron chi connectivity index (χ4n) is 4.98. The number of rotatable bonds is 2. The van der Waals surface area contributed by atoms with Gasteiger partial charge in [0.05, 0.1) is 11.0 Å². The molecule has 0 fully saturated rings. The van der Waals surface area contributed by atoms with Crippen molar-refractivity contribution >= 4 is 48.4 Å². The van der Waals surface area contributed by atoms with Gasteiger partial charge in [-0.15, -0.1) is 9.76 Å². The van der Waals surface area contributed by atoms with Gasteiger partial charge < -0.3 is 4.21 Å². The summed E-state index contributed by atoms with van der Waals surface area (Å²) in [5, 5.41) is 2.07. The summed E-state index contributed by atoms with van der Waals surface area (Å²) in [6, 6.07) is 25.6. The van der Waals surface area contributed by atoms with Crippen molar-refractivity contribution in [1.82, 2.24) is 9.97 Å². The summed E-state index contributed by atoms with van der Waals surface area (Å²) in [6.45, 7) is 0. The van der Waals surface area contributed by atoms with E-state index in [1.165, 1.54) is 0 Å². The highest BCUT2D eigenvalue weighted by Gasteiger charge is 2.27. The van der Waals surface area contributed by atoms with Crippen LogP contribution in [0, 0.1) is 5.92 Å². The molecule has 3 aromatic carbocycles. The quantitative estimate of drug-likeness (QED) is 0.215. The predicted molar refractivity (Wildman–Crippen MR) is 145 cm³/mol. The van der Waals surface area contributed by atoms with Gasteiger partial charge in [0.1, 0.15) is 0 Å². The maximum absolute atomic E-state index is 13.7. The number of para-hydroxylation sites is 2. The molecule has 7 rings (SSSR count). The Morgan fingerprint density at radius 3 is 2.11 bits per heavy atom. The summed E-state index contributed by atoms with van der Waals surface area (Å²) >= 11 is 0. The van der Waals surface area contributed by atoms with Crippen LogP contribution in [0.15, 0.2) is 114 Å². The number of aromatic nitrogens is 2. The average molecular weight is 484 g/mol. The molecule has 1 aliphatic carbocycles. The van der Waals surface area contributed by atoms with E-state index >= 15 is 0 Å². The molecule has 0 radical (unpaired) electrons. The van der Waals surface area contributed by atoms with E-state index in [4.69, 9.17) is 0 Å². The van der Waals surface area contributed by atoms with Gasteiger partial charge in [-0.2, -0.15) is 0 Å². The van der Waals surface area contributed by atoms with Crippen molar-refractivity contribution < 1.29 is 9.00 Å². The SMILES string of the molecule is O=C1c2cc(-c3cnc4ccccc4c3)ccc2[S-](=O)=C2C=CC(c3cnc4ccccc4c3)=CC12. The Bertz CT molecular complexity index is 1890. The molecule has 36 heavy (non-hydrogen) atoms. The minimum Gasteiger partial charge on any atom is -0.457 e. The summed E-state index contributed by atoms with van der Waals surface area (Å²) < 4.78 is 13.5. The smallest absolute Gasteiger partial charge is 0.170 e. The molecule has 2 aliphatic rings. The fourth-order valence-corrected chi connectivity index (χ4v) is 6.39. The summed E-state index contributed by atoms with van der Waals surface area (Å²) in [5.74, 6) is -0.597. The monoisotopic (exact) mass is 483 g/mol. The first-order valence-corrected chi connectivity index (χ1v) is 12.9. The maximum Gasteiger partial charge on any atom is 0.170 e. The minimum absolute atomic E-state index is 0.0363. The number of allylic oxidation sites excluding steroid dienone is 4. The van der Waals surface area contributed by atoms with E-state index in [0.717, 1.165) is 44.1 Å². The zero-order chi connectivity index (χ0) is 24.2. The molecule has 4 nitrogen and oxygen atoms in total. The number of nitrogens with zero attached hydrogens (tertiary/aromatic N) is 2. The number of carbonyl (C=O) groups is 1. The van der Waals surface area contributed by atoms with Crippen LogP contribution >= 0.6 is 0 Å². The van der Waals surface area contributed by atoms with E-state index in [1.807, 2.05) is 97.4 Å². The van der Waals surface area contributed by atoms with Crippen LogP contribution in [0.4, 0.5) is 0 Å². The molecule has 5 aromatic rings. The van der Waals surface area contributed by atoms with Gasteiger partial charge in [-0.3, -0.25) is 14.8 Å². The van der Waals surface area contributed by atoms with Gasteiger partial charge in [0, 0.05) is 45.8 Å². The van der Waals surface area contributed by atoms with Crippen LogP contribution in [-0.4, -0.2) is 20.6 Å². The lowest BCUT2D eigenvalue weighted by atomic mass is 9.86. The Hall–Kier alpha value is -4.35. The predicted octanol–water partition coefficient (Wildman–Crippen LogP) is 6.41. The van der Waals surface area contributed by atoms with Crippen molar-refractivity contribution in [2.75, 3.05) is 0 Å². The van der Waals surface area contributed by atoms with Gasteiger partial charge in [-0.25, -0.2) is 10.4 Å². The molecule has 0 N–H and O–H groups in total. The normalized spacial score (nSPS) is 17.2. The first kappa shape index (κ1) is 21.0. The molecule has 5 heteroatoms. The summed E-state index contributed by atoms with van der Waals surface area (Å²) in [5.41, 5.74) is 6.01. The Morgan fingerprint density at radius 1 is 0.694 bits per heavy atom. The highest BCUT2D eigenvalue weighted by Crippen LogP contribution is 2.34. The standard InChI is InChI=1S/C31H19N2O2S/c34-31-25-15-19(23-13-21-5-1-3-7-27(21)32-17-23)9-11-29(25)36(35)30-12-10-20(16-26(30)31)24-14-22-6-2-4-8-28(22)33-18-24/h1-18,25H/q-1. The lowest BCUT2D eigenvalue weighted by molar-refractivity contribution is 0.0969. The second-order valence-electron chi connectivity index (χ2n) is 9.01. The maximum atomic E-state index is 13.7. The molecule has 1 atom stereocenters. The van der Waals surface area contributed by atoms with Crippen molar-refractivity contribution in [1.29, 1.82) is 0 Å². The van der Waals surface area contributed by atoms with Crippen LogP contribution in [0.5, 0.6) is 0 Å². The van der Waals surface area contributed by atoms with E-state index in [9.17, 15) is 9.00 Å². The molecule has 0 saturated heterocycles. The van der Waals surface area contributed by atoms with Gasteiger partial charge in [-0.1, -0.05) is 66.8 Å². The zero-order valence-electron chi connectivity index (χ0n) is 19.1. The van der Waals surface area contributed by atoms with Gasteiger partial charge >= 0.3 is 0 Å². The highest BCUT2D eigenvalue weighted by atomic mass is 32.2. The fraction of sp³-hybridized carbons (Fsp3) is 0.0323. The number of Topliss-reactive ketones (excluding diaryl/α,β-unsaturated/α-hetero) is 1. The first-order chi connectivity index (χ1) is 17.7. The molecule has 1 unspecified atom stereocenters. The van der Waals surface area contributed by atoms with Gasteiger partial charge in [0.15, 0.2) is 5.78 Å². The third-order valence-corrected chi connectivity index (χ3v) is 8.44. The van der Waals surface area contributed by atoms with Crippen molar-refractivity contribution in [2.45, 2.75) is 4.90 Å². The molecule has 3 heterocycles. The molecular weight excluding hydrogens is 464 g/mol. The van der Waals surface area contributed by atoms with Gasteiger partial charge in [0.2, 0.25) is 0 Å². The number of fused-ring (bicyclic) bond motifs is 4. The first-order valence-electron chi connectivity index (χ1n) is 11.7. The number of pyridine rings is 2.